The Morgan fingerprint density at radius 1 is 1.25 bits per heavy atom. The van der Waals surface area contributed by atoms with Crippen LogP contribution in [0.25, 0.3) is 0 Å². The summed E-state index contributed by atoms with van der Waals surface area (Å²) >= 11 is 0. The highest BCUT2D eigenvalue weighted by Crippen LogP contribution is 2.08. The quantitative estimate of drug-likeness (QED) is 0.635. The van der Waals surface area contributed by atoms with Crippen LogP contribution in [0, 0.1) is 5.92 Å². The number of rotatable bonds is 6. The van der Waals surface area contributed by atoms with Crippen LogP contribution in [-0.4, -0.2) is 9.96 Å². The van der Waals surface area contributed by atoms with E-state index in [-0.39, 0.29) is 0 Å². The fraction of sp³-hybridized carbons (Fsp3) is 0.429. The van der Waals surface area contributed by atoms with Crippen LogP contribution in [0.3, 0.4) is 0 Å². The van der Waals surface area contributed by atoms with Crippen molar-refractivity contribution in [2.45, 2.75) is 27.7 Å². The van der Waals surface area contributed by atoms with E-state index in [0.29, 0.717) is 11.7 Å². The average molecular weight is 240 g/mol. The second-order valence-electron chi connectivity index (χ2n) is 3.31. The van der Waals surface area contributed by atoms with Gasteiger partial charge in [0.25, 0.3) is 0 Å². The summed E-state index contributed by atoms with van der Waals surface area (Å²) in [5, 5.41) is 0. The molecule has 0 aromatic rings. The molecule has 92 valence electrons. The van der Waals surface area contributed by atoms with Crippen molar-refractivity contribution in [2.75, 3.05) is 5.75 Å². The Kier molecular flexibility index (Phi) is 13.3. The molecule has 0 aliphatic heterocycles. The molecule has 0 bridgehead atoms. The molecule has 0 rings (SSSR count). The normalized spacial score (nSPS) is 13.2. The van der Waals surface area contributed by atoms with Crippen molar-refractivity contribution in [3.8, 4) is 0 Å². The zero-order valence-electron chi connectivity index (χ0n) is 10.9. The third kappa shape index (κ3) is 9.66. The first kappa shape index (κ1) is 17.5. The summed E-state index contributed by atoms with van der Waals surface area (Å²) in [5.74, 6) is 1.11. The van der Waals surface area contributed by atoms with E-state index in [2.05, 4.69) is 27.0 Å². The Bertz CT molecular complexity index is 272. The van der Waals surface area contributed by atoms with Crippen molar-refractivity contribution >= 4 is 10.8 Å². The Balaban J connectivity index is 0. The SMILES string of the molecule is C=C/C=C\C(=C/C=C)S(=O)CC(C)C.CC. The maximum absolute atomic E-state index is 11.8. The van der Waals surface area contributed by atoms with E-state index in [9.17, 15) is 4.21 Å². The zero-order chi connectivity index (χ0) is 13.0. The van der Waals surface area contributed by atoms with E-state index in [1.54, 1.807) is 24.3 Å². The number of allylic oxidation sites excluding steroid dienone is 5. The summed E-state index contributed by atoms with van der Waals surface area (Å²) in [5.41, 5.74) is 0. The molecule has 1 atom stereocenters. The molecule has 2 heteroatoms. The molecule has 0 amide bonds. The van der Waals surface area contributed by atoms with Crippen LogP contribution in [-0.2, 0) is 10.8 Å². The van der Waals surface area contributed by atoms with Gasteiger partial charge in [-0.15, -0.1) is 0 Å². The van der Waals surface area contributed by atoms with Gasteiger partial charge in [-0.3, -0.25) is 4.21 Å². The first-order chi connectivity index (χ1) is 7.61. The fourth-order valence-corrected chi connectivity index (χ4v) is 2.16. The van der Waals surface area contributed by atoms with Crippen LogP contribution in [0.5, 0.6) is 0 Å². The Hall–Kier alpha value is -0.890. The molecule has 0 aliphatic carbocycles. The van der Waals surface area contributed by atoms with E-state index >= 15 is 0 Å². The standard InChI is InChI=1S/C12H18OS.C2H6/c1-5-7-9-12(8-6-2)14(13)10-11(3)4;1-2/h5-9,11H,1-2,10H2,3-4H3;1-2H3/b9-7-,12-8+;. The molecule has 0 heterocycles. The molecule has 0 saturated heterocycles. The van der Waals surface area contributed by atoms with Gasteiger partial charge in [0.05, 0.1) is 10.8 Å². The first-order valence-corrected chi connectivity index (χ1v) is 6.94. The first-order valence-electron chi connectivity index (χ1n) is 5.62. The van der Waals surface area contributed by atoms with E-state index in [4.69, 9.17) is 0 Å². The van der Waals surface area contributed by atoms with Crippen molar-refractivity contribution in [3.05, 3.63) is 48.4 Å². The molecule has 0 saturated carbocycles. The summed E-state index contributed by atoms with van der Waals surface area (Å²) in [6, 6.07) is 0. The second-order valence-corrected chi connectivity index (χ2v) is 4.80. The van der Waals surface area contributed by atoms with Crippen molar-refractivity contribution in [3.63, 3.8) is 0 Å². The highest BCUT2D eigenvalue weighted by molar-refractivity contribution is 7.89. The van der Waals surface area contributed by atoms with Crippen LogP contribution in [0.2, 0.25) is 0 Å². The van der Waals surface area contributed by atoms with Crippen LogP contribution in [0.15, 0.2) is 48.4 Å². The number of hydrogen-bond donors (Lipinski definition) is 0. The predicted octanol–water partition coefficient (Wildman–Crippen LogP) is 4.23. The van der Waals surface area contributed by atoms with Crippen molar-refractivity contribution in [1.29, 1.82) is 0 Å². The molecule has 1 unspecified atom stereocenters. The third-order valence-electron chi connectivity index (χ3n) is 1.43. The highest BCUT2D eigenvalue weighted by atomic mass is 32.2. The topological polar surface area (TPSA) is 17.1 Å². The van der Waals surface area contributed by atoms with Gasteiger partial charge in [0.15, 0.2) is 0 Å². The molecule has 0 N–H and O–H groups in total. The zero-order valence-corrected chi connectivity index (χ0v) is 11.7. The molecule has 0 radical (unpaired) electrons. The van der Waals surface area contributed by atoms with E-state index in [0.717, 1.165) is 4.91 Å². The van der Waals surface area contributed by atoms with Gasteiger partial charge in [-0.25, -0.2) is 0 Å². The van der Waals surface area contributed by atoms with Gasteiger partial charge in [0.2, 0.25) is 0 Å². The number of hydrogen-bond acceptors (Lipinski definition) is 1. The van der Waals surface area contributed by atoms with Crippen LogP contribution in [0.4, 0.5) is 0 Å². The smallest absolute Gasteiger partial charge is 0.0532 e. The molecule has 0 fully saturated rings. The summed E-state index contributed by atoms with van der Waals surface area (Å²) in [4.78, 5) is 0.800. The van der Waals surface area contributed by atoms with Crippen LogP contribution in [0.1, 0.15) is 27.7 Å². The minimum Gasteiger partial charge on any atom is -0.254 e. The lowest BCUT2D eigenvalue weighted by Crippen LogP contribution is -2.05. The van der Waals surface area contributed by atoms with Crippen molar-refractivity contribution in [1.82, 2.24) is 0 Å². The van der Waals surface area contributed by atoms with Gasteiger partial charge in [-0.1, -0.05) is 59.1 Å². The summed E-state index contributed by atoms with van der Waals surface area (Å²) < 4.78 is 11.8. The van der Waals surface area contributed by atoms with Crippen LogP contribution < -0.4 is 0 Å². The molecular formula is C14H24OS. The maximum atomic E-state index is 11.8. The van der Waals surface area contributed by atoms with Gasteiger partial charge < -0.3 is 0 Å². The van der Waals surface area contributed by atoms with Gasteiger partial charge in [0, 0.05) is 10.7 Å². The van der Waals surface area contributed by atoms with Crippen LogP contribution >= 0.6 is 0 Å². The summed E-state index contributed by atoms with van der Waals surface area (Å²) in [7, 11) is -0.934. The van der Waals surface area contributed by atoms with E-state index in [1.165, 1.54) is 0 Å². The van der Waals surface area contributed by atoms with E-state index < -0.39 is 10.8 Å². The Morgan fingerprint density at radius 3 is 2.19 bits per heavy atom. The Morgan fingerprint density at radius 2 is 1.81 bits per heavy atom. The summed E-state index contributed by atoms with van der Waals surface area (Å²) in [6.07, 6.45) is 8.70. The predicted molar refractivity (Wildman–Crippen MR) is 76.8 cm³/mol. The van der Waals surface area contributed by atoms with Gasteiger partial charge in [-0.2, -0.15) is 0 Å². The minimum absolute atomic E-state index is 0.432. The van der Waals surface area contributed by atoms with E-state index in [1.807, 2.05) is 19.9 Å². The highest BCUT2D eigenvalue weighted by Gasteiger charge is 2.05. The molecule has 0 aromatic heterocycles. The molecular weight excluding hydrogens is 216 g/mol. The third-order valence-corrected chi connectivity index (χ3v) is 3.19. The van der Waals surface area contributed by atoms with Gasteiger partial charge in [0.1, 0.15) is 0 Å². The van der Waals surface area contributed by atoms with Crippen molar-refractivity contribution in [2.24, 2.45) is 5.92 Å². The lowest BCUT2D eigenvalue weighted by molar-refractivity contribution is 0.669. The average Bonchev–Trinajstić information content (AvgIpc) is 2.26. The lowest BCUT2D eigenvalue weighted by atomic mass is 10.3. The molecule has 16 heavy (non-hydrogen) atoms. The minimum atomic E-state index is -0.934. The largest absolute Gasteiger partial charge is 0.254 e. The maximum Gasteiger partial charge on any atom is 0.0532 e. The monoisotopic (exact) mass is 240 g/mol. The molecule has 1 nitrogen and oxygen atoms in total. The summed E-state index contributed by atoms with van der Waals surface area (Å²) in [6.45, 7) is 15.3. The van der Waals surface area contributed by atoms with Gasteiger partial charge >= 0.3 is 0 Å². The Labute approximate surface area is 103 Å². The molecule has 0 spiro atoms. The fourth-order valence-electron chi connectivity index (χ4n) is 0.885. The van der Waals surface area contributed by atoms with Gasteiger partial charge in [-0.05, 0) is 18.1 Å². The van der Waals surface area contributed by atoms with Crippen molar-refractivity contribution < 1.29 is 4.21 Å². The molecule has 0 aliphatic rings. The lowest BCUT2D eigenvalue weighted by Gasteiger charge is -2.04. The second kappa shape index (κ2) is 12.2. The molecule has 0 aromatic carbocycles.